The van der Waals surface area contributed by atoms with Crippen LogP contribution in [0, 0.1) is 11.8 Å². The van der Waals surface area contributed by atoms with Crippen molar-refractivity contribution in [1.82, 2.24) is 16.0 Å². The average molecular weight is 997 g/mol. The second kappa shape index (κ2) is 35.3. The first kappa shape index (κ1) is 65.2. The molecule has 0 aliphatic rings. The van der Waals surface area contributed by atoms with Crippen LogP contribution in [0.5, 0.6) is 0 Å². The standard InChI is InChI=1S/C50H88N6O14/c1-47(2,3)67-41(58)25-15-13-14-21-37(35-42(59)68-48(4,5)6)44(61)52-26-19-17-23-39(40(57)24-20-29-64-31-33-66-34-32-65-30-28-54-56-51)55-45(62)38(36-43(60)69-49(7,8)9)22-16-18-27-53-46(63)70-50(10,11)12/h16,18,37-39H,13-15,17,19-36H2,1-12H3,(H,52,61)(H,53,63)(H,55,62)/b18-16+. The fourth-order valence-electron chi connectivity index (χ4n) is 6.45. The Morgan fingerprint density at radius 3 is 1.64 bits per heavy atom. The van der Waals surface area contributed by atoms with E-state index in [1.54, 1.807) is 74.5 Å². The third-order valence-electron chi connectivity index (χ3n) is 9.39. The average Bonchev–Trinajstić information content (AvgIpc) is 3.20. The van der Waals surface area contributed by atoms with Gasteiger partial charge in [0.05, 0.1) is 57.8 Å². The van der Waals surface area contributed by atoms with Crippen molar-refractivity contribution in [3.63, 3.8) is 0 Å². The van der Waals surface area contributed by atoms with Gasteiger partial charge in [0.1, 0.15) is 22.4 Å². The Labute approximate surface area is 417 Å². The van der Waals surface area contributed by atoms with Crippen molar-refractivity contribution in [3.05, 3.63) is 22.6 Å². The molecule has 3 N–H and O–H groups in total. The monoisotopic (exact) mass is 997 g/mol. The molecule has 0 fully saturated rings. The number of hydrogen-bond donors (Lipinski definition) is 3. The zero-order chi connectivity index (χ0) is 53.2. The zero-order valence-corrected chi connectivity index (χ0v) is 44.5. The van der Waals surface area contributed by atoms with Gasteiger partial charge in [0.2, 0.25) is 11.8 Å². The fourth-order valence-corrected chi connectivity index (χ4v) is 6.45. The third-order valence-corrected chi connectivity index (χ3v) is 9.39. The number of ether oxygens (including phenoxy) is 7. The summed E-state index contributed by atoms with van der Waals surface area (Å²) in [5.41, 5.74) is 5.54. The Bertz CT molecular complexity index is 1660. The smallest absolute Gasteiger partial charge is 0.407 e. The Balaban J connectivity index is 5.81. The van der Waals surface area contributed by atoms with Crippen LogP contribution in [-0.4, -0.2) is 129 Å². The van der Waals surface area contributed by atoms with Gasteiger partial charge in [0.15, 0.2) is 5.78 Å². The maximum atomic E-state index is 13.9. The lowest BCUT2D eigenvalue weighted by Crippen LogP contribution is -2.44. The SMILES string of the molecule is CC(C)(C)OC(=O)CCCCCC(CC(=O)OC(C)(C)C)C(=O)NCCCCC(NC(=O)C(C/C=C/CNC(=O)OC(C)(C)C)CC(=O)OC(C)(C)C)C(=O)CCCOCCOCCOCCN=[N+]=[N-]. The summed E-state index contributed by atoms with van der Waals surface area (Å²) in [4.78, 5) is 93.9. The number of nitrogens with zero attached hydrogens (tertiary/aromatic N) is 3. The molecule has 0 aliphatic carbocycles. The maximum absolute atomic E-state index is 13.9. The summed E-state index contributed by atoms with van der Waals surface area (Å²) < 4.78 is 38.1. The zero-order valence-electron chi connectivity index (χ0n) is 44.5. The number of allylic oxidation sites excluding steroid dienone is 1. The molecule has 0 aromatic heterocycles. The molecule has 0 aliphatic heterocycles. The molecule has 0 aromatic carbocycles. The number of unbranched alkanes of at least 4 members (excludes halogenated alkanes) is 3. The molecule has 0 saturated carbocycles. The Hall–Kier alpha value is -4.78. The molecule has 0 radical (unpaired) electrons. The maximum Gasteiger partial charge on any atom is 0.407 e. The van der Waals surface area contributed by atoms with Crippen molar-refractivity contribution in [2.45, 2.75) is 195 Å². The first-order chi connectivity index (χ1) is 32.6. The van der Waals surface area contributed by atoms with Gasteiger partial charge in [0, 0.05) is 49.9 Å². The van der Waals surface area contributed by atoms with Gasteiger partial charge in [-0.3, -0.25) is 28.8 Å². The second-order valence-electron chi connectivity index (χ2n) is 21.0. The molecule has 402 valence electrons. The van der Waals surface area contributed by atoms with E-state index in [1.807, 2.05) is 20.8 Å². The number of rotatable bonds is 36. The highest BCUT2D eigenvalue weighted by molar-refractivity contribution is 5.91. The summed E-state index contributed by atoms with van der Waals surface area (Å²) in [6.07, 6.45) is 6.59. The minimum absolute atomic E-state index is 0.0959. The van der Waals surface area contributed by atoms with Crippen LogP contribution in [0.4, 0.5) is 4.79 Å². The molecule has 0 bridgehead atoms. The molecule has 70 heavy (non-hydrogen) atoms. The van der Waals surface area contributed by atoms with Gasteiger partial charge in [0.25, 0.3) is 0 Å². The summed E-state index contributed by atoms with van der Waals surface area (Å²) in [5.74, 6) is -3.97. The molecular formula is C50H88N6O14. The van der Waals surface area contributed by atoms with Crippen LogP contribution in [0.2, 0.25) is 0 Å². The summed E-state index contributed by atoms with van der Waals surface area (Å²) in [5, 5.41) is 11.8. The van der Waals surface area contributed by atoms with Crippen LogP contribution in [0.3, 0.4) is 0 Å². The van der Waals surface area contributed by atoms with E-state index in [9.17, 15) is 33.6 Å². The molecule has 0 spiro atoms. The number of nitrogens with one attached hydrogen (secondary N) is 3. The van der Waals surface area contributed by atoms with Gasteiger partial charge in [-0.2, -0.15) is 0 Å². The topological polar surface area (TPSA) is 269 Å². The van der Waals surface area contributed by atoms with Crippen molar-refractivity contribution in [2.75, 3.05) is 59.3 Å². The second-order valence-corrected chi connectivity index (χ2v) is 21.0. The molecule has 3 unspecified atom stereocenters. The Morgan fingerprint density at radius 2 is 1.07 bits per heavy atom. The highest BCUT2D eigenvalue weighted by Crippen LogP contribution is 2.21. The van der Waals surface area contributed by atoms with Crippen LogP contribution >= 0.6 is 0 Å². The largest absolute Gasteiger partial charge is 0.460 e. The van der Waals surface area contributed by atoms with Crippen LogP contribution < -0.4 is 16.0 Å². The van der Waals surface area contributed by atoms with Crippen molar-refractivity contribution in [3.8, 4) is 0 Å². The number of ketones is 1. The molecule has 0 aromatic rings. The predicted octanol–water partition coefficient (Wildman–Crippen LogP) is 7.93. The number of azide groups is 1. The first-order valence-corrected chi connectivity index (χ1v) is 24.7. The van der Waals surface area contributed by atoms with Gasteiger partial charge in [-0.15, -0.1) is 0 Å². The lowest BCUT2D eigenvalue weighted by atomic mass is 9.96. The molecule has 3 atom stereocenters. The lowest BCUT2D eigenvalue weighted by Gasteiger charge is -2.24. The summed E-state index contributed by atoms with van der Waals surface area (Å²) in [6, 6.07) is -0.912. The van der Waals surface area contributed by atoms with Crippen LogP contribution in [-0.2, 0) is 61.9 Å². The fraction of sp³-hybridized carbons (Fsp3) is 0.820. The molecule has 20 heteroatoms. The predicted molar refractivity (Wildman–Crippen MR) is 264 cm³/mol. The van der Waals surface area contributed by atoms with Gasteiger partial charge in [-0.25, -0.2) is 4.79 Å². The van der Waals surface area contributed by atoms with Crippen molar-refractivity contribution >= 4 is 41.6 Å². The molecule has 0 heterocycles. The molecule has 0 saturated heterocycles. The molecular weight excluding hydrogens is 909 g/mol. The van der Waals surface area contributed by atoms with E-state index in [1.165, 1.54) is 0 Å². The van der Waals surface area contributed by atoms with Crippen molar-refractivity contribution < 1.29 is 66.7 Å². The van der Waals surface area contributed by atoms with E-state index < -0.39 is 64.2 Å². The highest BCUT2D eigenvalue weighted by atomic mass is 16.6. The molecule has 20 nitrogen and oxygen atoms in total. The molecule has 3 amide bonds. The summed E-state index contributed by atoms with van der Waals surface area (Å²) in [6.45, 7) is 23.6. The Kier molecular flexibility index (Phi) is 32.9. The van der Waals surface area contributed by atoms with Crippen molar-refractivity contribution in [1.29, 1.82) is 0 Å². The number of carbonyl (C=O) groups excluding carboxylic acids is 7. The number of carbonyl (C=O) groups is 7. The van der Waals surface area contributed by atoms with E-state index in [0.717, 1.165) is 0 Å². The number of amides is 3. The normalized spacial score (nSPS) is 13.3. The molecule has 0 rings (SSSR count). The quantitative estimate of drug-likeness (QED) is 0.0102. The third kappa shape index (κ3) is 40.0. The van der Waals surface area contributed by atoms with Gasteiger partial charge >= 0.3 is 24.0 Å². The summed E-state index contributed by atoms with van der Waals surface area (Å²) in [7, 11) is 0. The van der Waals surface area contributed by atoms with E-state index in [4.69, 9.17) is 38.7 Å². The summed E-state index contributed by atoms with van der Waals surface area (Å²) >= 11 is 0. The minimum Gasteiger partial charge on any atom is -0.460 e. The number of alkyl carbamates (subject to hydrolysis) is 1. The van der Waals surface area contributed by atoms with Crippen LogP contribution in [0.1, 0.15) is 167 Å². The van der Waals surface area contributed by atoms with Gasteiger partial charge in [-0.05, 0) is 134 Å². The van der Waals surface area contributed by atoms with E-state index in [-0.39, 0.29) is 82.4 Å². The lowest BCUT2D eigenvalue weighted by molar-refractivity contribution is -0.158. The minimum atomic E-state index is -0.912. The van der Waals surface area contributed by atoms with Crippen molar-refractivity contribution in [2.24, 2.45) is 17.0 Å². The van der Waals surface area contributed by atoms with E-state index in [0.29, 0.717) is 78.0 Å². The van der Waals surface area contributed by atoms with Gasteiger partial charge in [-0.1, -0.05) is 30.1 Å². The van der Waals surface area contributed by atoms with E-state index in [2.05, 4.69) is 26.0 Å². The Morgan fingerprint density at radius 1 is 0.543 bits per heavy atom. The number of hydrogen-bond acceptors (Lipinski definition) is 15. The van der Waals surface area contributed by atoms with Gasteiger partial charge < -0.3 is 49.1 Å². The van der Waals surface area contributed by atoms with Crippen LogP contribution in [0.25, 0.3) is 10.4 Å². The number of esters is 3. The first-order valence-electron chi connectivity index (χ1n) is 24.7. The number of Topliss-reactive ketones (excluding diaryl/α,β-unsaturated/α-hetero) is 1. The van der Waals surface area contributed by atoms with Crippen LogP contribution in [0.15, 0.2) is 17.3 Å². The highest BCUT2D eigenvalue weighted by Gasteiger charge is 2.29. The van der Waals surface area contributed by atoms with E-state index >= 15 is 0 Å².